The van der Waals surface area contributed by atoms with Gasteiger partial charge >= 0.3 is 0 Å². The van der Waals surface area contributed by atoms with Crippen molar-refractivity contribution in [1.82, 2.24) is 4.90 Å². The first-order valence-corrected chi connectivity index (χ1v) is 14.6. The van der Waals surface area contributed by atoms with Gasteiger partial charge in [-0.25, -0.2) is 0 Å². The molecule has 0 radical (unpaired) electrons. The Labute approximate surface area is 248 Å². The van der Waals surface area contributed by atoms with E-state index in [-0.39, 0.29) is 24.5 Å². The molecule has 0 bridgehead atoms. The summed E-state index contributed by atoms with van der Waals surface area (Å²) in [5.41, 5.74) is 4.30. The molecule has 6 heteroatoms. The summed E-state index contributed by atoms with van der Waals surface area (Å²) in [6.45, 7) is 2.95. The molecule has 0 aliphatic carbocycles. The van der Waals surface area contributed by atoms with Crippen molar-refractivity contribution in [3.8, 4) is 0 Å². The Morgan fingerprint density at radius 3 is 1.55 bits per heavy atom. The second-order valence-electron chi connectivity index (χ2n) is 10.5. The van der Waals surface area contributed by atoms with Gasteiger partial charge in [0.05, 0.1) is 58.2 Å². The highest BCUT2D eigenvalue weighted by Gasteiger charge is 2.43. The van der Waals surface area contributed by atoms with E-state index in [1.165, 1.54) is 0 Å². The van der Waals surface area contributed by atoms with Gasteiger partial charge in [-0.05, 0) is 22.3 Å². The van der Waals surface area contributed by atoms with Gasteiger partial charge in [0.1, 0.15) is 6.10 Å². The van der Waals surface area contributed by atoms with Gasteiger partial charge in [0.2, 0.25) is 5.91 Å². The molecule has 0 aromatic heterocycles. The van der Waals surface area contributed by atoms with E-state index in [0.717, 1.165) is 22.3 Å². The highest BCUT2D eigenvalue weighted by atomic mass is 16.5. The summed E-state index contributed by atoms with van der Waals surface area (Å²) in [4.78, 5) is 15.5. The van der Waals surface area contributed by atoms with Gasteiger partial charge in [0, 0.05) is 6.54 Å². The Hall–Kier alpha value is -3.81. The maximum Gasteiger partial charge on any atom is 0.225 e. The molecule has 0 saturated carbocycles. The summed E-state index contributed by atoms with van der Waals surface area (Å²) in [5, 5.41) is 0. The fourth-order valence-corrected chi connectivity index (χ4v) is 5.21. The predicted molar refractivity (Wildman–Crippen MR) is 162 cm³/mol. The molecule has 1 amide bonds. The molecule has 42 heavy (non-hydrogen) atoms. The molecular weight excluding hydrogens is 526 g/mol. The summed E-state index contributed by atoms with van der Waals surface area (Å²) in [6.07, 6.45) is -0.551. The molecule has 1 heterocycles. The number of benzene rings is 4. The van der Waals surface area contributed by atoms with Crippen LogP contribution < -0.4 is 0 Å². The van der Waals surface area contributed by atoms with Crippen LogP contribution in [0.3, 0.4) is 0 Å². The zero-order valence-corrected chi connectivity index (χ0v) is 23.9. The number of hydrogen-bond acceptors (Lipinski definition) is 5. The minimum absolute atomic E-state index is 0.0178. The lowest BCUT2D eigenvalue weighted by Crippen LogP contribution is -2.61. The molecule has 1 saturated heterocycles. The average molecular weight is 566 g/mol. The maximum atomic E-state index is 13.6. The number of piperidine rings is 1. The number of carbonyl (C=O) groups excluding carboxylic acids is 1. The molecule has 4 aromatic rings. The van der Waals surface area contributed by atoms with E-state index in [0.29, 0.717) is 46.2 Å². The van der Waals surface area contributed by atoms with Crippen molar-refractivity contribution in [3.63, 3.8) is 0 Å². The molecule has 2 unspecified atom stereocenters. The molecule has 5 rings (SSSR count). The number of hydrogen-bond donors (Lipinski definition) is 0. The Morgan fingerprint density at radius 1 is 0.571 bits per heavy atom. The highest BCUT2D eigenvalue weighted by molar-refractivity contribution is 5.78. The summed E-state index contributed by atoms with van der Waals surface area (Å²) in [5.74, 6) is 0.0178. The first-order valence-electron chi connectivity index (χ1n) is 14.6. The van der Waals surface area contributed by atoms with E-state index >= 15 is 0 Å². The maximum absolute atomic E-state index is 13.6. The SMILES string of the molecule is O=C1C[C@@H](OCc2ccccc2)C(OCc2ccccc2)C(COCc2ccccc2)N1CCOCc1ccccc1. The number of carbonyl (C=O) groups is 1. The molecule has 0 N–H and O–H groups in total. The van der Waals surface area contributed by atoms with Crippen molar-refractivity contribution in [2.45, 2.75) is 51.1 Å². The number of nitrogens with zero attached hydrogens (tertiary/aromatic N) is 1. The van der Waals surface area contributed by atoms with E-state index in [4.69, 9.17) is 18.9 Å². The number of amides is 1. The lowest BCUT2D eigenvalue weighted by Gasteiger charge is -2.44. The smallest absolute Gasteiger partial charge is 0.225 e. The van der Waals surface area contributed by atoms with Crippen LogP contribution in [0, 0.1) is 0 Å². The van der Waals surface area contributed by atoms with E-state index in [2.05, 4.69) is 0 Å². The van der Waals surface area contributed by atoms with Gasteiger partial charge < -0.3 is 23.8 Å². The molecular formula is C36H39NO5. The van der Waals surface area contributed by atoms with Gasteiger partial charge in [0.15, 0.2) is 0 Å². The van der Waals surface area contributed by atoms with Crippen LogP contribution >= 0.6 is 0 Å². The summed E-state index contributed by atoms with van der Waals surface area (Å²) >= 11 is 0. The van der Waals surface area contributed by atoms with Crippen molar-refractivity contribution < 1.29 is 23.7 Å². The van der Waals surface area contributed by atoms with Crippen LogP contribution in [-0.4, -0.2) is 48.8 Å². The van der Waals surface area contributed by atoms with E-state index < -0.39 is 6.10 Å². The minimum Gasteiger partial charge on any atom is -0.375 e. The predicted octanol–water partition coefficient (Wildman–Crippen LogP) is 6.19. The van der Waals surface area contributed by atoms with Crippen molar-refractivity contribution >= 4 is 5.91 Å². The summed E-state index contributed by atoms with van der Waals surface area (Å²) < 4.78 is 25.2. The fourth-order valence-electron chi connectivity index (χ4n) is 5.21. The molecule has 1 fully saturated rings. The second kappa shape index (κ2) is 16.0. The number of rotatable bonds is 15. The zero-order chi connectivity index (χ0) is 28.8. The Balaban J connectivity index is 1.31. The van der Waals surface area contributed by atoms with Crippen LogP contribution in [0.15, 0.2) is 121 Å². The summed E-state index contributed by atoms with van der Waals surface area (Å²) in [7, 11) is 0. The first-order chi connectivity index (χ1) is 20.8. The van der Waals surface area contributed by atoms with Crippen molar-refractivity contribution in [2.75, 3.05) is 19.8 Å². The normalized spacial score (nSPS) is 18.7. The molecule has 0 spiro atoms. The van der Waals surface area contributed by atoms with Crippen LogP contribution in [-0.2, 0) is 50.2 Å². The van der Waals surface area contributed by atoms with Gasteiger partial charge in [-0.3, -0.25) is 4.79 Å². The van der Waals surface area contributed by atoms with Gasteiger partial charge in [-0.2, -0.15) is 0 Å². The van der Waals surface area contributed by atoms with Crippen LogP contribution in [0.5, 0.6) is 0 Å². The quantitative estimate of drug-likeness (QED) is 0.161. The van der Waals surface area contributed by atoms with Crippen LogP contribution in [0.2, 0.25) is 0 Å². The average Bonchev–Trinajstić information content (AvgIpc) is 3.04. The summed E-state index contributed by atoms with van der Waals surface area (Å²) in [6, 6.07) is 39.9. The second-order valence-corrected chi connectivity index (χ2v) is 10.5. The molecule has 6 nitrogen and oxygen atoms in total. The largest absolute Gasteiger partial charge is 0.375 e. The topological polar surface area (TPSA) is 57.2 Å². The van der Waals surface area contributed by atoms with Crippen LogP contribution in [0.1, 0.15) is 28.7 Å². The Kier molecular flexibility index (Phi) is 11.3. The number of ether oxygens (including phenoxy) is 4. The van der Waals surface area contributed by atoms with Gasteiger partial charge in [0.25, 0.3) is 0 Å². The van der Waals surface area contributed by atoms with Crippen molar-refractivity contribution in [3.05, 3.63) is 144 Å². The minimum atomic E-state index is -0.409. The third-order valence-electron chi connectivity index (χ3n) is 7.42. The lowest BCUT2D eigenvalue weighted by molar-refractivity contribution is -0.178. The first kappa shape index (κ1) is 29.7. The van der Waals surface area contributed by atoms with Gasteiger partial charge in [-0.1, -0.05) is 121 Å². The molecule has 218 valence electrons. The van der Waals surface area contributed by atoms with Crippen LogP contribution in [0.4, 0.5) is 0 Å². The van der Waals surface area contributed by atoms with E-state index in [1.807, 2.05) is 126 Å². The molecule has 4 aromatic carbocycles. The number of likely N-dealkylation sites (tertiary alicyclic amines) is 1. The van der Waals surface area contributed by atoms with Gasteiger partial charge in [-0.15, -0.1) is 0 Å². The van der Waals surface area contributed by atoms with E-state index in [1.54, 1.807) is 0 Å². The monoisotopic (exact) mass is 565 g/mol. The fraction of sp³-hybridized carbons (Fsp3) is 0.306. The molecule has 1 aliphatic heterocycles. The van der Waals surface area contributed by atoms with Crippen molar-refractivity contribution in [2.24, 2.45) is 0 Å². The van der Waals surface area contributed by atoms with Crippen molar-refractivity contribution in [1.29, 1.82) is 0 Å². The Morgan fingerprint density at radius 2 is 1.02 bits per heavy atom. The third kappa shape index (κ3) is 8.84. The Bertz CT molecular complexity index is 1320. The molecule has 1 aliphatic rings. The standard InChI is InChI=1S/C36H39NO5/c38-35-23-34(41-26-31-17-9-3-10-18-31)36(42-27-32-19-11-4-12-20-32)33(28-40-25-30-15-7-2-8-16-30)37(35)21-22-39-24-29-13-5-1-6-14-29/h1-20,33-34,36H,21-28H2/t33?,34-,36?/m1/s1. The third-order valence-corrected chi connectivity index (χ3v) is 7.42. The zero-order valence-electron chi connectivity index (χ0n) is 23.9. The van der Waals surface area contributed by atoms with Crippen LogP contribution in [0.25, 0.3) is 0 Å². The van der Waals surface area contributed by atoms with E-state index in [9.17, 15) is 4.79 Å². The lowest BCUT2D eigenvalue weighted by atomic mass is 9.95. The highest BCUT2D eigenvalue weighted by Crippen LogP contribution is 2.27. The molecule has 3 atom stereocenters.